The highest BCUT2D eigenvalue weighted by molar-refractivity contribution is 7.92. The zero-order chi connectivity index (χ0) is 12.5. The van der Waals surface area contributed by atoms with Gasteiger partial charge in [-0.05, 0) is 31.0 Å². The van der Waals surface area contributed by atoms with E-state index in [4.69, 9.17) is 22.1 Å². The van der Waals surface area contributed by atoms with E-state index in [1.807, 2.05) is 0 Å². The Morgan fingerprint density at radius 1 is 1.41 bits per heavy atom. The summed E-state index contributed by atoms with van der Waals surface area (Å²) in [6, 6.07) is 4.49. The summed E-state index contributed by atoms with van der Waals surface area (Å²) in [5, 5.41) is -0.147. The minimum Gasteiger partial charge on any atom is -0.398 e. The first kappa shape index (κ1) is 12.7. The number of nitrogens with two attached hydrogens (primary N) is 1. The van der Waals surface area contributed by atoms with E-state index in [2.05, 4.69) is 0 Å². The van der Waals surface area contributed by atoms with Gasteiger partial charge >= 0.3 is 0 Å². The molecule has 0 aliphatic carbocycles. The lowest BCUT2D eigenvalue weighted by molar-refractivity contribution is 0.0991. The van der Waals surface area contributed by atoms with Crippen LogP contribution in [0.1, 0.15) is 12.8 Å². The van der Waals surface area contributed by atoms with Gasteiger partial charge in [0.2, 0.25) is 0 Å². The lowest BCUT2D eigenvalue weighted by Crippen LogP contribution is -2.31. The summed E-state index contributed by atoms with van der Waals surface area (Å²) >= 11 is 5.81. The van der Waals surface area contributed by atoms with Crippen LogP contribution in [0.2, 0.25) is 5.02 Å². The van der Waals surface area contributed by atoms with Crippen LogP contribution < -0.4 is 5.73 Å². The van der Waals surface area contributed by atoms with Gasteiger partial charge in [0, 0.05) is 11.6 Å². The van der Waals surface area contributed by atoms with Gasteiger partial charge in [-0.2, -0.15) is 0 Å². The number of hydrogen-bond acceptors (Lipinski definition) is 4. The number of hydrogen-bond donors (Lipinski definition) is 1. The van der Waals surface area contributed by atoms with Crippen molar-refractivity contribution in [1.82, 2.24) is 0 Å². The summed E-state index contributed by atoms with van der Waals surface area (Å²) in [7, 11) is -3.45. The molecular weight excluding hydrogens is 262 g/mol. The summed E-state index contributed by atoms with van der Waals surface area (Å²) in [6.07, 6.45) is 1.36. The third-order valence-corrected chi connectivity index (χ3v) is 5.29. The van der Waals surface area contributed by atoms with Crippen LogP contribution >= 0.6 is 11.6 Å². The molecule has 1 aliphatic heterocycles. The van der Waals surface area contributed by atoms with E-state index in [0.717, 1.165) is 6.42 Å². The molecule has 6 heteroatoms. The minimum atomic E-state index is -3.45. The zero-order valence-corrected chi connectivity index (χ0v) is 10.8. The molecule has 1 aliphatic rings. The number of rotatable bonds is 2. The van der Waals surface area contributed by atoms with Gasteiger partial charge in [-0.15, -0.1) is 0 Å². The van der Waals surface area contributed by atoms with E-state index in [0.29, 0.717) is 18.1 Å². The molecule has 0 bridgehead atoms. The third kappa shape index (κ3) is 2.56. The van der Waals surface area contributed by atoms with Gasteiger partial charge in [-0.25, -0.2) is 8.42 Å². The highest BCUT2D eigenvalue weighted by atomic mass is 35.5. The molecule has 2 N–H and O–H groups in total. The second-order valence-electron chi connectivity index (χ2n) is 4.07. The first-order chi connectivity index (χ1) is 8.01. The molecule has 0 aromatic heterocycles. The molecule has 1 aromatic carbocycles. The van der Waals surface area contributed by atoms with Crippen LogP contribution in [0.4, 0.5) is 5.69 Å². The van der Waals surface area contributed by atoms with Crippen molar-refractivity contribution in [1.29, 1.82) is 0 Å². The summed E-state index contributed by atoms with van der Waals surface area (Å²) < 4.78 is 29.9. The second kappa shape index (κ2) is 4.84. The Labute approximate surface area is 106 Å². The van der Waals surface area contributed by atoms with Crippen molar-refractivity contribution in [2.45, 2.75) is 23.0 Å². The smallest absolute Gasteiger partial charge is 0.185 e. The Hall–Kier alpha value is -0.780. The van der Waals surface area contributed by atoms with Crippen molar-refractivity contribution in [2.24, 2.45) is 0 Å². The monoisotopic (exact) mass is 275 g/mol. The fourth-order valence-corrected chi connectivity index (χ4v) is 3.93. The van der Waals surface area contributed by atoms with Gasteiger partial charge < -0.3 is 10.5 Å². The van der Waals surface area contributed by atoms with E-state index >= 15 is 0 Å². The Balaban J connectivity index is 2.40. The van der Waals surface area contributed by atoms with Crippen LogP contribution in [0.5, 0.6) is 0 Å². The highest BCUT2D eigenvalue weighted by Gasteiger charge is 2.31. The molecule has 1 fully saturated rings. The maximum absolute atomic E-state index is 12.3. The van der Waals surface area contributed by atoms with E-state index < -0.39 is 15.1 Å². The third-order valence-electron chi connectivity index (χ3n) is 2.84. The molecule has 94 valence electrons. The van der Waals surface area contributed by atoms with Crippen LogP contribution in [-0.4, -0.2) is 26.9 Å². The van der Waals surface area contributed by atoms with Gasteiger partial charge in [-0.1, -0.05) is 11.6 Å². The van der Waals surface area contributed by atoms with Gasteiger partial charge in [0.25, 0.3) is 0 Å². The predicted molar refractivity (Wildman–Crippen MR) is 66.9 cm³/mol. The van der Waals surface area contributed by atoms with Crippen molar-refractivity contribution < 1.29 is 13.2 Å². The SMILES string of the molecule is Nc1ccc(Cl)cc1S(=O)(=O)C1CCCOC1. The molecule has 1 atom stereocenters. The normalized spacial score (nSPS) is 21.4. The van der Waals surface area contributed by atoms with Crippen LogP contribution in [0.15, 0.2) is 23.1 Å². The molecule has 0 amide bonds. The number of halogens is 1. The molecule has 4 nitrogen and oxygen atoms in total. The van der Waals surface area contributed by atoms with Crippen LogP contribution in [0.3, 0.4) is 0 Å². The van der Waals surface area contributed by atoms with Crippen molar-refractivity contribution in [2.75, 3.05) is 18.9 Å². The quantitative estimate of drug-likeness (QED) is 0.837. The van der Waals surface area contributed by atoms with E-state index in [1.54, 1.807) is 6.07 Å². The van der Waals surface area contributed by atoms with Crippen molar-refractivity contribution in [3.63, 3.8) is 0 Å². The number of benzene rings is 1. The summed E-state index contributed by atoms with van der Waals surface area (Å²) in [6.45, 7) is 0.853. The zero-order valence-electron chi connectivity index (χ0n) is 9.23. The van der Waals surface area contributed by atoms with Gasteiger partial charge in [0.1, 0.15) is 0 Å². The molecule has 2 rings (SSSR count). The van der Waals surface area contributed by atoms with Gasteiger partial charge in [-0.3, -0.25) is 0 Å². The van der Waals surface area contributed by atoms with E-state index in [1.165, 1.54) is 12.1 Å². The van der Waals surface area contributed by atoms with E-state index in [-0.39, 0.29) is 17.2 Å². The molecule has 1 unspecified atom stereocenters. The molecule has 0 radical (unpaired) electrons. The fraction of sp³-hybridized carbons (Fsp3) is 0.455. The summed E-state index contributed by atoms with van der Waals surface area (Å²) in [5.74, 6) is 0. The first-order valence-corrected chi connectivity index (χ1v) is 7.31. The maximum atomic E-state index is 12.3. The maximum Gasteiger partial charge on any atom is 0.185 e. The molecule has 0 saturated carbocycles. The summed E-state index contributed by atoms with van der Waals surface area (Å²) in [5.41, 5.74) is 5.94. The van der Waals surface area contributed by atoms with Crippen molar-refractivity contribution in [3.8, 4) is 0 Å². The Morgan fingerprint density at radius 3 is 2.82 bits per heavy atom. The fourth-order valence-electron chi connectivity index (χ4n) is 1.89. The van der Waals surface area contributed by atoms with E-state index in [9.17, 15) is 8.42 Å². The summed E-state index contributed by atoms with van der Waals surface area (Å²) in [4.78, 5) is 0.112. The lowest BCUT2D eigenvalue weighted by Gasteiger charge is -2.22. The number of anilines is 1. The Morgan fingerprint density at radius 2 is 2.18 bits per heavy atom. The van der Waals surface area contributed by atoms with Gasteiger partial charge in [0.15, 0.2) is 9.84 Å². The molecule has 1 aromatic rings. The Kier molecular flexibility index (Phi) is 3.61. The van der Waals surface area contributed by atoms with Crippen LogP contribution in [0, 0.1) is 0 Å². The Bertz CT molecular complexity index is 509. The number of ether oxygens (including phenoxy) is 1. The molecular formula is C11H14ClNO3S. The predicted octanol–water partition coefficient (Wildman–Crippen LogP) is 1.87. The molecule has 0 spiro atoms. The highest BCUT2D eigenvalue weighted by Crippen LogP contribution is 2.29. The average Bonchev–Trinajstić information content (AvgIpc) is 2.33. The standard InChI is InChI=1S/C11H14ClNO3S/c12-8-3-4-10(13)11(6-8)17(14,15)9-2-1-5-16-7-9/h3-4,6,9H,1-2,5,7,13H2. The lowest BCUT2D eigenvalue weighted by atomic mass is 10.2. The van der Waals surface area contributed by atoms with Crippen molar-refractivity contribution >= 4 is 27.1 Å². The molecule has 17 heavy (non-hydrogen) atoms. The molecule has 1 heterocycles. The largest absolute Gasteiger partial charge is 0.398 e. The topological polar surface area (TPSA) is 69.4 Å². The minimum absolute atomic E-state index is 0.112. The average molecular weight is 276 g/mol. The first-order valence-electron chi connectivity index (χ1n) is 5.38. The molecule has 1 saturated heterocycles. The van der Waals surface area contributed by atoms with Crippen LogP contribution in [0.25, 0.3) is 0 Å². The number of nitrogen functional groups attached to an aromatic ring is 1. The van der Waals surface area contributed by atoms with Crippen LogP contribution in [-0.2, 0) is 14.6 Å². The second-order valence-corrected chi connectivity index (χ2v) is 6.70. The van der Waals surface area contributed by atoms with Gasteiger partial charge in [0.05, 0.1) is 22.4 Å². The van der Waals surface area contributed by atoms with Crippen molar-refractivity contribution in [3.05, 3.63) is 23.2 Å². The number of sulfone groups is 1.